The van der Waals surface area contributed by atoms with E-state index in [9.17, 15) is 17.6 Å². The van der Waals surface area contributed by atoms with E-state index in [1.807, 2.05) is 0 Å². The second-order valence-electron chi connectivity index (χ2n) is 5.64. The first kappa shape index (κ1) is 18.4. The third-order valence-electron chi connectivity index (χ3n) is 3.96. The second kappa shape index (κ2) is 6.74. The topological polar surface area (TPSA) is 69.7 Å². The maximum absolute atomic E-state index is 13.5. The summed E-state index contributed by atoms with van der Waals surface area (Å²) in [5.41, 5.74) is 0.312. The van der Waals surface area contributed by atoms with Gasteiger partial charge in [0, 0.05) is 11.1 Å². The minimum atomic E-state index is -3.74. The predicted octanol–water partition coefficient (Wildman–Crippen LogP) is 3.55. The van der Waals surface area contributed by atoms with Crippen LogP contribution in [-0.4, -0.2) is 34.2 Å². The number of carbonyl (C=O) groups excluding carboxylic acids is 1. The molecule has 0 radical (unpaired) electrons. The number of hydrogen-bond acceptors (Lipinski definition) is 5. The summed E-state index contributed by atoms with van der Waals surface area (Å²) in [5.74, 6) is -1.03. The van der Waals surface area contributed by atoms with Crippen LogP contribution in [0.4, 0.5) is 4.39 Å². The average Bonchev–Trinajstić information content (AvgIpc) is 2.58. The number of hydrogen-bond donors (Lipinski definition) is 0. The van der Waals surface area contributed by atoms with Gasteiger partial charge >= 0.3 is 0 Å². The number of Topliss-reactive ketones (excluding diaryl/α,β-unsaturated/α-hetero) is 1. The van der Waals surface area contributed by atoms with Crippen LogP contribution in [0.15, 0.2) is 40.8 Å². The van der Waals surface area contributed by atoms with Crippen LogP contribution in [0.3, 0.4) is 0 Å². The number of sulfone groups is 1. The Bertz CT molecular complexity index is 1040. The van der Waals surface area contributed by atoms with Gasteiger partial charge in [-0.2, -0.15) is 0 Å². The lowest BCUT2D eigenvalue weighted by Crippen LogP contribution is -2.24. The molecule has 0 saturated heterocycles. The number of ketones is 1. The van der Waals surface area contributed by atoms with E-state index in [0.29, 0.717) is 17.1 Å². The molecule has 3 rings (SSSR count). The number of rotatable bonds is 3. The monoisotopic (exact) mass is 396 g/mol. The summed E-state index contributed by atoms with van der Waals surface area (Å²) in [6, 6.07) is 6.16. The van der Waals surface area contributed by atoms with E-state index < -0.39 is 27.2 Å². The van der Waals surface area contributed by atoms with Gasteiger partial charge in [-0.1, -0.05) is 11.6 Å². The molecule has 26 heavy (non-hydrogen) atoms. The van der Waals surface area contributed by atoms with Crippen LogP contribution in [0.25, 0.3) is 6.08 Å². The third-order valence-corrected chi connectivity index (χ3v) is 5.95. The summed E-state index contributed by atoms with van der Waals surface area (Å²) < 4.78 is 48.7. The van der Waals surface area contributed by atoms with E-state index in [1.165, 1.54) is 26.4 Å². The molecule has 2 aromatic carbocycles. The van der Waals surface area contributed by atoms with Crippen molar-refractivity contribution in [3.63, 3.8) is 0 Å². The van der Waals surface area contributed by atoms with Crippen LogP contribution >= 0.6 is 11.6 Å². The lowest BCUT2D eigenvalue weighted by molar-refractivity contribution is 0.103. The minimum Gasteiger partial charge on any atom is -0.493 e. The van der Waals surface area contributed by atoms with Gasteiger partial charge in [0.15, 0.2) is 27.1 Å². The maximum atomic E-state index is 13.5. The van der Waals surface area contributed by atoms with Crippen LogP contribution in [0.1, 0.15) is 15.9 Å². The fourth-order valence-electron chi connectivity index (χ4n) is 2.80. The molecule has 0 atom stereocenters. The molecule has 0 aromatic heterocycles. The zero-order valence-corrected chi connectivity index (χ0v) is 15.4. The smallest absolute Gasteiger partial charge is 0.191 e. The average molecular weight is 397 g/mol. The van der Waals surface area contributed by atoms with E-state index in [0.717, 1.165) is 18.2 Å². The fourth-order valence-corrected chi connectivity index (χ4v) is 4.64. The van der Waals surface area contributed by atoms with Crippen LogP contribution in [0, 0.1) is 5.82 Å². The Balaban J connectivity index is 2.14. The SMILES string of the molecule is COc1cc(C=C2CS(=O)(=O)c3ccc(F)cc3C2=O)cc(Cl)c1OC. The summed E-state index contributed by atoms with van der Waals surface area (Å²) >= 11 is 6.14. The van der Waals surface area contributed by atoms with Crippen molar-refractivity contribution < 1.29 is 27.1 Å². The van der Waals surface area contributed by atoms with Crippen molar-refractivity contribution in [1.29, 1.82) is 0 Å². The quantitative estimate of drug-likeness (QED) is 0.586. The molecule has 0 aliphatic carbocycles. The van der Waals surface area contributed by atoms with Gasteiger partial charge in [-0.3, -0.25) is 4.79 Å². The molecular formula is C18H14ClFO5S. The van der Waals surface area contributed by atoms with Crippen molar-refractivity contribution in [2.24, 2.45) is 0 Å². The first-order valence-electron chi connectivity index (χ1n) is 7.46. The van der Waals surface area contributed by atoms with E-state index in [-0.39, 0.29) is 21.1 Å². The molecule has 0 fully saturated rings. The molecule has 0 bridgehead atoms. The molecule has 1 heterocycles. The number of fused-ring (bicyclic) bond motifs is 1. The maximum Gasteiger partial charge on any atom is 0.191 e. The highest BCUT2D eigenvalue weighted by Crippen LogP contribution is 2.37. The van der Waals surface area contributed by atoms with Crippen molar-refractivity contribution in [3.05, 3.63) is 57.9 Å². The molecule has 1 aliphatic heterocycles. The van der Waals surface area contributed by atoms with Crippen molar-refractivity contribution in [1.82, 2.24) is 0 Å². The molecule has 5 nitrogen and oxygen atoms in total. The van der Waals surface area contributed by atoms with Crippen LogP contribution in [0.5, 0.6) is 11.5 Å². The van der Waals surface area contributed by atoms with Gasteiger partial charge in [0.1, 0.15) is 5.82 Å². The van der Waals surface area contributed by atoms with Gasteiger partial charge in [-0.25, -0.2) is 12.8 Å². The molecule has 0 unspecified atom stereocenters. The van der Waals surface area contributed by atoms with E-state index in [4.69, 9.17) is 21.1 Å². The van der Waals surface area contributed by atoms with E-state index in [1.54, 1.807) is 6.07 Å². The lowest BCUT2D eigenvalue weighted by Gasteiger charge is -2.18. The largest absolute Gasteiger partial charge is 0.493 e. The molecule has 0 N–H and O–H groups in total. The second-order valence-corrected chi connectivity index (χ2v) is 8.00. The number of carbonyl (C=O) groups is 1. The Morgan fingerprint density at radius 1 is 1.15 bits per heavy atom. The third kappa shape index (κ3) is 3.20. The van der Waals surface area contributed by atoms with Crippen molar-refractivity contribution in [2.75, 3.05) is 20.0 Å². The van der Waals surface area contributed by atoms with Gasteiger partial charge < -0.3 is 9.47 Å². The number of methoxy groups -OCH3 is 2. The van der Waals surface area contributed by atoms with Crippen LogP contribution < -0.4 is 9.47 Å². The molecule has 1 aliphatic rings. The van der Waals surface area contributed by atoms with Crippen molar-refractivity contribution in [2.45, 2.75) is 4.90 Å². The first-order valence-corrected chi connectivity index (χ1v) is 9.49. The number of ether oxygens (including phenoxy) is 2. The Morgan fingerprint density at radius 2 is 1.88 bits per heavy atom. The first-order chi connectivity index (χ1) is 12.3. The number of halogens is 2. The highest BCUT2D eigenvalue weighted by molar-refractivity contribution is 7.91. The lowest BCUT2D eigenvalue weighted by atomic mass is 10.0. The van der Waals surface area contributed by atoms with Gasteiger partial charge in [0.05, 0.1) is 29.9 Å². The Labute approximate surface area is 154 Å². The van der Waals surface area contributed by atoms with Crippen molar-refractivity contribution >= 4 is 33.3 Å². The molecule has 8 heteroatoms. The van der Waals surface area contributed by atoms with E-state index >= 15 is 0 Å². The summed E-state index contributed by atoms with van der Waals surface area (Å²) in [4.78, 5) is 12.5. The summed E-state index contributed by atoms with van der Waals surface area (Å²) in [6.45, 7) is 0. The van der Waals surface area contributed by atoms with Gasteiger partial charge in [0.2, 0.25) is 0 Å². The zero-order valence-electron chi connectivity index (χ0n) is 13.9. The Morgan fingerprint density at radius 3 is 2.54 bits per heavy atom. The van der Waals surface area contributed by atoms with Gasteiger partial charge in [0.25, 0.3) is 0 Å². The highest BCUT2D eigenvalue weighted by atomic mass is 35.5. The van der Waals surface area contributed by atoms with Gasteiger partial charge in [-0.15, -0.1) is 0 Å². The summed E-state index contributed by atoms with van der Waals surface area (Å²) in [6.07, 6.45) is 1.40. The van der Waals surface area contributed by atoms with Crippen LogP contribution in [0.2, 0.25) is 5.02 Å². The molecule has 2 aromatic rings. The Hall–Kier alpha value is -2.38. The minimum absolute atomic E-state index is 0.0198. The number of benzene rings is 2. The molecular weight excluding hydrogens is 383 g/mol. The molecule has 136 valence electrons. The van der Waals surface area contributed by atoms with Gasteiger partial charge in [-0.05, 0) is 42.0 Å². The molecule has 0 amide bonds. The normalized spacial score (nSPS) is 17.1. The Kier molecular flexibility index (Phi) is 4.77. The fraction of sp³-hybridized carbons (Fsp3) is 0.167. The van der Waals surface area contributed by atoms with E-state index in [2.05, 4.69) is 0 Å². The standard InChI is InChI=1S/C18H14ClFO5S/c1-24-15-7-10(6-14(19)18(15)25-2)5-11-9-26(22,23)16-4-3-12(20)8-13(16)17(11)21/h3-8H,9H2,1-2H3. The zero-order chi connectivity index (χ0) is 19.1. The van der Waals surface area contributed by atoms with Crippen LogP contribution in [-0.2, 0) is 9.84 Å². The summed E-state index contributed by atoms with van der Waals surface area (Å²) in [5, 5.41) is 0.247. The van der Waals surface area contributed by atoms with Crippen molar-refractivity contribution in [3.8, 4) is 11.5 Å². The predicted molar refractivity (Wildman–Crippen MR) is 95.3 cm³/mol. The highest BCUT2D eigenvalue weighted by Gasteiger charge is 2.33. The molecule has 0 spiro atoms. The molecule has 0 saturated carbocycles. The summed E-state index contributed by atoms with van der Waals surface area (Å²) in [7, 11) is -0.878.